The van der Waals surface area contributed by atoms with Crippen LogP contribution in [0.4, 0.5) is 0 Å². The molecule has 1 aromatic heterocycles. The number of halogens is 3. The number of rotatable bonds is 2. The third kappa shape index (κ3) is 4.08. The molecule has 0 saturated carbocycles. The minimum atomic E-state index is -0.158. The molecule has 1 fully saturated rings. The summed E-state index contributed by atoms with van der Waals surface area (Å²) in [4.78, 5) is 13.7. The van der Waals surface area contributed by atoms with Crippen LogP contribution in [0.3, 0.4) is 0 Å². The Labute approximate surface area is 213 Å². The Kier molecular flexibility index (Phi) is 6.30. The molecule has 34 heavy (non-hydrogen) atoms. The van der Waals surface area contributed by atoms with Crippen LogP contribution in [0.15, 0.2) is 46.3 Å². The molecular formula is C26H26Cl3N3O2. The highest BCUT2D eigenvalue weighted by molar-refractivity contribution is 6.35. The molecule has 2 heterocycles. The van der Waals surface area contributed by atoms with Crippen molar-refractivity contribution in [1.29, 1.82) is 0 Å². The third-order valence-corrected chi connectivity index (χ3v) is 7.95. The lowest BCUT2D eigenvalue weighted by atomic mass is 9.80. The molecule has 1 saturated heterocycles. The number of aromatic nitrogens is 1. The minimum Gasteiger partial charge on any atom is -0.428 e. The minimum absolute atomic E-state index is 0.0611. The van der Waals surface area contributed by atoms with Gasteiger partial charge in [-0.05, 0) is 87.8 Å². The molecule has 1 N–H and O–H groups in total. The van der Waals surface area contributed by atoms with Crippen molar-refractivity contribution in [1.82, 2.24) is 9.74 Å². The molecule has 178 valence electrons. The molecule has 0 amide bonds. The van der Waals surface area contributed by atoms with Gasteiger partial charge in [0.1, 0.15) is 0 Å². The molecule has 3 atom stereocenters. The number of hydrogen-bond donors (Lipinski definition) is 1. The van der Waals surface area contributed by atoms with Gasteiger partial charge in [0.15, 0.2) is 5.43 Å². The molecule has 3 unspecified atom stereocenters. The Morgan fingerprint density at radius 1 is 0.971 bits per heavy atom. The Balaban J connectivity index is 1.74. The first kappa shape index (κ1) is 23.5. The van der Waals surface area contributed by atoms with Crippen molar-refractivity contribution in [3.05, 3.63) is 78.5 Å². The van der Waals surface area contributed by atoms with E-state index in [1.54, 1.807) is 24.3 Å². The quantitative estimate of drug-likeness (QED) is 0.376. The Bertz CT molecular complexity index is 1360. The number of piperidine rings is 1. The fourth-order valence-electron chi connectivity index (χ4n) is 5.41. The van der Waals surface area contributed by atoms with E-state index in [9.17, 15) is 10.0 Å². The van der Waals surface area contributed by atoms with Gasteiger partial charge in [-0.15, -0.1) is 0 Å². The average molecular weight is 519 g/mol. The van der Waals surface area contributed by atoms with E-state index >= 15 is 0 Å². The molecule has 1 aliphatic heterocycles. The maximum Gasteiger partial charge on any atom is 0.199 e. The van der Waals surface area contributed by atoms with Crippen LogP contribution in [0.2, 0.25) is 15.1 Å². The number of hydrazone groups is 1. The summed E-state index contributed by atoms with van der Waals surface area (Å²) in [5.41, 5.74) is 2.87. The molecule has 2 aliphatic rings. The van der Waals surface area contributed by atoms with Gasteiger partial charge in [-0.1, -0.05) is 40.9 Å². The van der Waals surface area contributed by atoms with Crippen LogP contribution < -0.4 is 5.43 Å². The zero-order valence-corrected chi connectivity index (χ0v) is 21.3. The normalized spacial score (nSPS) is 24.0. The zero-order chi connectivity index (χ0) is 24.1. The summed E-state index contributed by atoms with van der Waals surface area (Å²) in [6, 6.07) is 11.0. The van der Waals surface area contributed by atoms with E-state index in [2.05, 4.69) is 18.9 Å². The molecule has 3 aromatic rings. The lowest BCUT2D eigenvalue weighted by molar-refractivity contribution is 0.108. The first-order valence-electron chi connectivity index (χ1n) is 11.6. The Hall–Kier alpha value is -2.21. The summed E-state index contributed by atoms with van der Waals surface area (Å²) in [5.74, 6) is -0.0611. The number of nitrogens with zero attached hydrogens (tertiary/aromatic N) is 3. The van der Waals surface area contributed by atoms with Crippen LogP contribution in [-0.2, 0) is 6.42 Å². The highest BCUT2D eigenvalue weighted by Gasteiger charge is 2.34. The van der Waals surface area contributed by atoms with E-state index in [0.29, 0.717) is 55.8 Å². The van der Waals surface area contributed by atoms with Crippen molar-refractivity contribution in [2.75, 3.05) is 0 Å². The van der Waals surface area contributed by atoms with E-state index in [-0.39, 0.29) is 23.4 Å². The largest absolute Gasteiger partial charge is 0.428 e. The SMILES string of the molecule is CC1CCCC(C)N1/N=C1/CC(c2ccc(Cl)cc2Cl)Cc2c1c(=O)c1cc(Cl)ccc1n2O. The Morgan fingerprint density at radius 3 is 2.35 bits per heavy atom. The number of pyridine rings is 1. The van der Waals surface area contributed by atoms with Gasteiger partial charge < -0.3 is 5.21 Å². The summed E-state index contributed by atoms with van der Waals surface area (Å²) < 4.78 is 1.12. The molecule has 0 radical (unpaired) electrons. The summed E-state index contributed by atoms with van der Waals surface area (Å²) in [6.07, 6.45) is 4.25. The van der Waals surface area contributed by atoms with Crippen LogP contribution in [-0.4, -0.2) is 32.7 Å². The summed E-state index contributed by atoms with van der Waals surface area (Å²) in [5, 5.41) is 20.4. The molecule has 5 nitrogen and oxygen atoms in total. The smallest absolute Gasteiger partial charge is 0.199 e. The molecule has 8 heteroatoms. The second-order valence-electron chi connectivity index (χ2n) is 9.45. The van der Waals surface area contributed by atoms with Gasteiger partial charge in [-0.2, -0.15) is 9.83 Å². The number of fused-ring (bicyclic) bond motifs is 2. The molecule has 2 aromatic carbocycles. The predicted octanol–water partition coefficient (Wildman–Crippen LogP) is 6.90. The van der Waals surface area contributed by atoms with E-state index < -0.39 is 0 Å². The highest BCUT2D eigenvalue weighted by atomic mass is 35.5. The zero-order valence-electron chi connectivity index (χ0n) is 19.1. The van der Waals surface area contributed by atoms with Gasteiger partial charge in [0, 0.05) is 27.2 Å². The van der Waals surface area contributed by atoms with Gasteiger partial charge in [-0.25, -0.2) is 0 Å². The van der Waals surface area contributed by atoms with Crippen LogP contribution >= 0.6 is 34.8 Å². The fraction of sp³-hybridized carbons (Fsp3) is 0.385. The van der Waals surface area contributed by atoms with Gasteiger partial charge in [0.2, 0.25) is 0 Å². The predicted molar refractivity (Wildman–Crippen MR) is 139 cm³/mol. The van der Waals surface area contributed by atoms with Crippen molar-refractivity contribution < 1.29 is 5.21 Å². The average Bonchev–Trinajstić information content (AvgIpc) is 2.79. The summed E-state index contributed by atoms with van der Waals surface area (Å²) >= 11 is 18.9. The van der Waals surface area contributed by atoms with E-state index in [0.717, 1.165) is 29.6 Å². The maximum absolute atomic E-state index is 13.7. The third-order valence-electron chi connectivity index (χ3n) is 7.16. The highest BCUT2D eigenvalue weighted by Crippen LogP contribution is 2.38. The topological polar surface area (TPSA) is 57.8 Å². The van der Waals surface area contributed by atoms with E-state index in [4.69, 9.17) is 39.9 Å². The second kappa shape index (κ2) is 9.10. The summed E-state index contributed by atoms with van der Waals surface area (Å²) in [7, 11) is 0. The number of benzene rings is 2. The first-order valence-corrected chi connectivity index (χ1v) is 12.8. The lowest BCUT2D eigenvalue weighted by Gasteiger charge is -2.38. The Morgan fingerprint density at radius 2 is 1.65 bits per heavy atom. The van der Waals surface area contributed by atoms with Crippen molar-refractivity contribution in [2.24, 2.45) is 5.10 Å². The lowest BCUT2D eigenvalue weighted by Crippen LogP contribution is -2.42. The molecule has 1 aliphatic carbocycles. The van der Waals surface area contributed by atoms with E-state index in [1.165, 1.54) is 0 Å². The molecule has 0 bridgehead atoms. The standard InChI is InChI=1S/C26H26Cl3N3O2/c1-14-4-3-5-15(2)31(14)30-22-10-16(19-8-6-18(28)13-21(19)29)11-24-25(22)26(33)20-12-17(27)7-9-23(20)32(24)34/h6-9,12-16,34H,3-5,10-11H2,1-2H3/b30-22-. The molecule has 5 rings (SSSR count). The van der Waals surface area contributed by atoms with Gasteiger partial charge in [-0.3, -0.25) is 9.80 Å². The maximum atomic E-state index is 13.7. The van der Waals surface area contributed by atoms with Gasteiger partial charge in [0.05, 0.1) is 27.9 Å². The van der Waals surface area contributed by atoms with Crippen LogP contribution in [0, 0.1) is 0 Å². The van der Waals surface area contributed by atoms with Crippen molar-refractivity contribution in [3.8, 4) is 0 Å². The number of hydrogen-bond acceptors (Lipinski definition) is 4. The molecule has 0 spiro atoms. The first-order chi connectivity index (χ1) is 16.2. The van der Waals surface area contributed by atoms with Crippen molar-refractivity contribution >= 4 is 51.4 Å². The summed E-state index contributed by atoms with van der Waals surface area (Å²) in [6.45, 7) is 4.34. The van der Waals surface area contributed by atoms with Crippen LogP contribution in [0.25, 0.3) is 10.9 Å². The fourth-order valence-corrected chi connectivity index (χ4v) is 6.14. The van der Waals surface area contributed by atoms with Crippen LogP contribution in [0.5, 0.6) is 0 Å². The van der Waals surface area contributed by atoms with Crippen molar-refractivity contribution in [3.63, 3.8) is 0 Å². The van der Waals surface area contributed by atoms with Crippen LogP contribution in [0.1, 0.15) is 62.3 Å². The van der Waals surface area contributed by atoms with E-state index in [1.807, 2.05) is 12.1 Å². The van der Waals surface area contributed by atoms with Crippen molar-refractivity contribution in [2.45, 2.75) is 64.0 Å². The molecular weight excluding hydrogens is 493 g/mol. The second-order valence-corrected chi connectivity index (χ2v) is 10.7. The van der Waals surface area contributed by atoms with Gasteiger partial charge in [0.25, 0.3) is 0 Å². The van der Waals surface area contributed by atoms with Gasteiger partial charge >= 0.3 is 0 Å². The monoisotopic (exact) mass is 517 g/mol.